The van der Waals surface area contributed by atoms with Gasteiger partial charge in [-0.25, -0.2) is 4.98 Å². The van der Waals surface area contributed by atoms with Gasteiger partial charge in [-0.05, 0) is 23.8 Å². The van der Waals surface area contributed by atoms with Crippen molar-refractivity contribution in [3.8, 4) is 10.4 Å². The van der Waals surface area contributed by atoms with Crippen molar-refractivity contribution in [2.75, 3.05) is 26.2 Å². The summed E-state index contributed by atoms with van der Waals surface area (Å²) in [6.07, 6.45) is 1.72. The number of aromatic amines is 1. The van der Waals surface area contributed by atoms with Crippen LogP contribution in [0.2, 0.25) is 0 Å². The van der Waals surface area contributed by atoms with E-state index in [2.05, 4.69) is 26.9 Å². The number of piperazine rings is 1. The second-order valence-corrected chi connectivity index (χ2v) is 8.37. The monoisotopic (exact) mass is 406 g/mol. The lowest BCUT2D eigenvalue weighted by atomic mass is 10.2. The van der Waals surface area contributed by atoms with Crippen LogP contribution in [-0.4, -0.2) is 45.9 Å². The molecule has 148 valence electrons. The molecule has 1 saturated heterocycles. The SMILES string of the molecule is O=c1[nH]c(CN2CCN(Cc3ccco3)CC2)nc2sc(-c3ccccc3)cc12. The number of fused-ring (bicyclic) bond motifs is 1. The van der Waals surface area contributed by atoms with E-state index in [-0.39, 0.29) is 5.56 Å². The molecule has 1 aliphatic rings. The van der Waals surface area contributed by atoms with E-state index < -0.39 is 0 Å². The molecular formula is C22H22N4O2S. The first kappa shape index (κ1) is 18.3. The Bertz CT molecular complexity index is 1140. The van der Waals surface area contributed by atoms with Crippen molar-refractivity contribution in [1.29, 1.82) is 0 Å². The Kier molecular flexibility index (Phi) is 5.01. The maximum atomic E-state index is 12.6. The summed E-state index contributed by atoms with van der Waals surface area (Å²) in [6, 6.07) is 16.0. The molecule has 0 amide bonds. The second kappa shape index (κ2) is 7.94. The van der Waals surface area contributed by atoms with Crippen molar-refractivity contribution < 1.29 is 4.42 Å². The largest absolute Gasteiger partial charge is 0.468 e. The fourth-order valence-electron chi connectivity index (χ4n) is 3.74. The Morgan fingerprint density at radius 3 is 2.48 bits per heavy atom. The first-order valence-corrected chi connectivity index (χ1v) is 10.6. The number of nitrogens with one attached hydrogen (secondary N) is 1. The van der Waals surface area contributed by atoms with E-state index in [9.17, 15) is 4.79 Å². The molecule has 0 saturated carbocycles. The van der Waals surface area contributed by atoms with Crippen LogP contribution in [0.4, 0.5) is 0 Å². The highest BCUT2D eigenvalue weighted by molar-refractivity contribution is 7.21. The van der Waals surface area contributed by atoms with Crippen LogP contribution < -0.4 is 5.56 Å². The summed E-state index contributed by atoms with van der Waals surface area (Å²) in [5, 5.41) is 0.667. The minimum absolute atomic E-state index is 0.0557. The Labute approximate surface area is 172 Å². The van der Waals surface area contributed by atoms with Gasteiger partial charge in [-0.1, -0.05) is 30.3 Å². The topological polar surface area (TPSA) is 65.4 Å². The highest BCUT2D eigenvalue weighted by Crippen LogP contribution is 2.30. The van der Waals surface area contributed by atoms with Gasteiger partial charge in [0.15, 0.2) is 0 Å². The Morgan fingerprint density at radius 1 is 1.00 bits per heavy atom. The standard InChI is InChI=1S/C22H22N4O2S/c27-21-18-13-19(16-5-2-1-3-6-16)29-22(18)24-20(23-21)15-26-10-8-25(9-11-26)14-17-7-4-12-28-17/h1-7,12-13H,8-11,14-15H2,(H,23,24,27). The molecule has 5 rings (SSSR count). The summed E-state index contributed by atoms with van der Waals surface area (Å²) < 4.78 is 5.44. The summed E-state index contributed by atoms with van der Waals surface area (Å²) in [4.78, 5) is 26.9. The molecule has 0 atom stereocenters. The van der Waals surface area contributed by atoms with Crippen LogP contribution in [0, 0.1) is 0 Å². The van der Waals surface area contributed by atoms with Gasteiger partial charge in [0.1, 0.15) is 16.4 Å². The van der Waals surface area contributed by atoms with E-state index in [1.807, 2.05) is 36.4 Å². The van der Waals surface area contributed by atoms with Crippen LogP contribution in [0.1, 0.15) is 11.6 Å². The van der Waals surface area contributed by atoms with Gasteiger partial charge in [-0.3, -0.25) is 14.6 Å². The van der Waals surface area contributed by atoms with Crippen molar-refractivity contribution >= 4 is 21.6 Å². The fraction of sp³-hybridized carbons (Fsp3) is 0.273. The van der Waals surface area contributed by atoms with Crippen molar-refractivity contribution in [2.45, 2.75) is 13.1 Å². The van der Waals surface area contributed by atoms with Gasteiger partial charge in [-0.15, -0.1) is 11.3 Å². The molecule has 3 aromatic heterocycles. The first-order valence-electron chi connectivity index (χ1n) is 9.80. The summed E-state index contributed by atoms with van der Waals surface area (Å²) in [7, 11) is 0. The quantitative estimate of drug-likeness (QED) is 0.549. The maximum absolute atomic E-state index is 12.6. The van der Waals surface area contributed by atoms with Gasteiger partial charge in [0.25, 0.3) is 5.56 Å². The van der Waals surface area contributed by atoms with E-state index in [1.54, 1.807) is 17.6 Å². The number of hydrogen-bond acceptors (Lipinski definition) is 6. The molecule has 4 heterocycles. The molecule has 0 aliphatic carbocycles. The molecule has 29 heavy (non-hydrogen) atoms. The summed E-state index contributed by atoms with van der Waals surface area (Å²) in [5.74, 6) is 1.74. The normalized spacial score (nSPS) is 15.9. The van der Waals surface area contributed by atoms with Gasteiger partial charge < -0.3 is 9.40 Å². The van der Waals surface area contributed by atoms with E-state index in [4.69, 9.17) is 9.40 Å². The number of thiophene rings is 1. The Balaban J connectivity index is 1.28. The predicted octanol–water partition coefficient (Wildman–Crippen LogP) is 3.56. The minimum Gasteiger partial charge on any atom is -0.468 e. The van der Waals surface area contributed by atoms with Crippen molar-refractivity contribution in [2.24, 2.45) is 0 Å². The van der Waals surface area contributed by atoms with Crippen LogP contribution in [0.25, 0.3) is 20.7 Å². The van der Waals surface area contributed by atoms with Crippen molar-refractivity contribution in [1.82, 2.24) is 19.8 Å². The van der Waals surface area contributed by atoms with Gasteiger partial charge >= 0.3 is 0 Å². The van der Waals surface area contributed by atoms with Crippen LogP contribution in [-0.2, 0) is 13.1 Å². The average Bonchev–Trinajstić information content (AvgIpc) is 3.40. The number of aromatic nitrogens is 2. The summed E-state index contributed by atoms with van der Waals surface area (Å²) in [6.45, 7) is 5.36. The summed E-state index contributed by atoms with van der Waals surface area (Å²) >= 11 is 1.57. The van der Waals surface area contributed by atoms with Gasteiger partial charge in [-0.2, -0.15) is 0 Å². The van der Waals surface area contributed by atoms with E-state index in [1.165, 1.54) is 0 Å². The average molecular weight is 407 g/mol. The Morgan fingerprint density at radius 2 is 1.76 bits per heavy atom. The minimum atomic E-state index is -0.0557. The number of furan rings is 1. The molecule has 0 unspecified atom stereocenters. The molecule has 1 fully saturated rings. The highest BCUT2D eigenvalue weighted by Gasteiger charge is 2.19. The van der Waals surface area contributed by atoms with Crippen molar-refractivity contribution in [3.63, 3.8) is 0 Å². The zero-order chi connectivity index (χ0) is 19.6. The first-order chi connectivity index (χ1) is 14.2. The molecule has 4 aromatic rings. The van der Waals surface area contributed by atoms with Gasteiger partial charge in [0.05, 0.1) is 24.7 Å². The third-order valence-electron chi connectivity index (χ3n) is 5.31. The summed E-state index contributed by atoms with van der Waals surface area (Å²) in [5.41, 5.74) is 1.06. The molecular weight excluding hydrogens is 384 g/mol. The molecule has 6 nitrogen and oxygen atoms in total. The maximum Gasteiger partial charge on any atom is 0.259 e. The number of H-pyrrole nitrogens is 1. The smallest absolute Gasteiger partial charge is 0.259 e. The highest BCUT2D eigenvalue weighted by atomic mass is 32.1. The predicted molar refractivity (Wildman–Crippen MR) is 115 cm³/mol. The lowest BCUT2D eigenvalue weighted by Crippen LogP contribution is -2.45. The van der Waals surface area contributed by atoms with Crippen molar-refractivity contribution in [3.05, 3.63) is 76.7 Å². The zero-order valence-corrected chi connectivity index (χ0v) is 16.8. The fourth-order valence-corrected chi connectivity index (χ4v) is 4.79. The molecule has 0 radical (unpaired) electrons. The van der Waals surface area contributed by atoms with Crippen LogP contribution in [0.5, 0.6) is 0 Å². The van der Waals surface area contributed by atoms with Crippen LogP contribution in [0.15, 0.2) is 64.0 Å². The Hall–Kier alpha value is -2.74. The number of rotatable bonds is 5. The van der Waals surface area contributed by atoms with Gasteiger partial charge in [0.2, 0.25) is 0 Å². The van der Waals surface area contributed by atoms with Crippen LogP contribution in [0.3, 0.4) is 0 Å². The molecule has 7 heteroatoms. The molecule has 1 aromatic carbocycles. The second-order valence-electron chi connectivity index (χ2n) is 7.34. The number of benzene rings is 1. The van der Waals surface area contributed by atoms with Gasteiger partial charge in [0, 0.05) is 31.1 Å². The van der Waals surface area contributed by atoms with E-state index >= 15 is 0 Å². The third-order valence-corrected chi connectivity index (χ3v) is 6.39. The number of hydrogen-bond donors (Lipinski definition) is 1. The molecule has 1 aliphatic heterocycles. The molecule has 0 bridgehead atoms. The third kappa shape index (κ3) is 4.03. The van der Waals surface area contributed by atoms with E-state index in [0.717, 1.165) is 59.6 Å². The molecule has 1 N–H and O–H groups in total. The molecule has 0 spiro atoms. The number of nitrogens with zero attached hydrogens (tertiary/aromatic N) is 3. The van der Waals surface area contributed by atoms with Crippen LogP contribution >= 0.6 is 11.3 Å². The lowest BCUT2D eigenvalue weighted by Gasteiger charge is -2.33. The lowest BCUT2D eigenvalue weighted by molar-refractivity contribution is 0.114. The zero-order valence-electron chi connectivity index (χ0n) is 16.0. The van der Waals surface area contributed by atoms with E-state index in [0.29, 0.717) is 11.9 Å².